The lowest BCUT2D eigenvalue weighted by Gasteiger charge is -2.03. The summed E-state index contributed by atoms with van der Waals surface area (Å²) in [5.41, 5.74) is 1.18. The van der Waals surface area contributed by atoms with Gasteiger partial charge >= 0.3 is 0 Å². The molecule has 70 valence electrons. The van der Waals surface area contributed by atoms with Crippen molar-refractivity contribution in [3.8, 4) is 0 Å². The fourth-order valence-corrected chi connectivity index (χ4v) is 0.955. The van der Waals surface area contributed by atoms with E-state index in [1.807, 2.05) is 30.3 Å². The van der Waals surface area contributed by atoms with Crippen LogP contribution in [0.4, 0.5) is 0 Å². The summed E-state index contributed by atoms with van der Waals surface area (Å²) in [5, 5.41) is 0. The van der Waals surface area contributed by atoms with E-state index in [1.54, 1.807) is 0 Å². The summed E-state index contributed by atoms with van der Waals surface area (Å²) >= 11 is 0. The van der Waals surface area contributed by atoms with Crippen LogP contribution in [0.15, 0.2) is 43.2 Å². The van der Waals surface area contributed by atoms with Crippen molar-refractivity contribution in [2.24, 2.45) is 0 Å². The van der Waals surface area contributed by atoms with Crippen LogP contribution in [-0.4, -0.2) is 13.2 Å². The van der Waals surface area contributed by atoms with Gasteiger partial charge in [0.1, 0.15) is 6.61 Å². The number of rotatable bonds is 6. The Kier molecular flexibility index (Phi) is 4.72. The van der Waals surface area contributed by atoms with Crippen molar-refractivity contribution >= 4 is 0 Å². The molecule has 1 rings (SSSR count). The molecule has 0 heterocycles. The minimum Gasteiger partial charge on any atom is -0.499 e. The first-order valence-corrected chi connectivity index (χ1v) is 4.27. The van der Waals surface area contributed by atoms with Gasteiger partial charge in [-0.2, -0.15) is 0 Å². The quantitative estimate of drug-likeness (QED) is 0.492. The molecule has 2 heteroatoms. The van der Waals surface area contributed by atoms with Crippen molar-refractivity contribution < 1.29 is 9.47 Å². The summed E-state index contributed by atoms with van der Waals surface area (Å²) < 4.78 is 10.3. The Morgan fingerprint density at radius 2 is 1.92 bits per heavy atom. The third kappa shape index (κ3) is 4.33. The molecule has 0 bridgehead atoms. The molecule has 0 aliphatic rings. The Morgan fingerprint density at radius 1 is 1.15 bits per heavy atom. The molecule has 0 fully saturated rings. The third-order valence-corrected chi connectivity index (χ3v) is 1.57. The largest absolute Gasteiger partial charge is 0.499 e. The summed E-state index contributed by atoms with van der Waals surface area (Å²) in [6.07, 6.45) is 1.42. The van der Waals surface area contributed by atoms with Gasteiger partial charge in [0.25, 0.3) is 0 Å². The van der Waals surface area contributed by atoms with Crippen LogP contribution in [-0.2, 0) is 16.1 Å². The van der Waals surface area contributed by atoms with Gasteiger partial charge in [0.15, 0.2) is 0 Å². The molecule has 0 aliphatic carbocycles. The maximum atomic E-state index is 5.35. The first-order valence-electron chi connectivity index (χ1n) is 4.27. The molecule has 0 saturated heterocycles. The minimum atomic E-state index is 0.566. The van der Waals surface area contributed by atoms with Gasteiger partial charge in [0.2, 0.25) is 0 Å². The monoisotopic (exact) mass is 178 g/mol. The maximum Gasteiger partial charge on any atom is 0.111 e. The number of hydrogen-bond acceptors (Lipinski definition) is 2. The van der Waals surface area contributed by atoms with E-state index < -0.39 is 0 Å². The van der Waals surface area contributed by atoms with E-state index in [9.17, 15) is 0 Å². The van der Waals surface area contributed by atoms with Crippen molar-refractivity contribution in [1.82, 2.24) is 0 Å². The van der Waals surface area contributed by atoms with Crippen molar-refractivity contribution in [2.75, 3.05) is 13.2 Å². The van der Waals surface area contributed by atoms with Crippen LogP contribution in [0.3, 0.4) is 0 Å². The summed E-state index contributed by atoms with van der Waals surface area (Å²) in [6.45, 7) is 5.24. The van der Waals surface area contributed by atoms with E-state index >= 15 is 0 Å². The zero-order valence-corrected chi connectivity index (χ0v) is 7.61. The highest BCUT2D eigenvalue weighted by atomic mass is 16.5. The zero-order chi connectivity index (χ0) is 9.36. The molecule has 0 spiro atoms. The van der Waals surface area contributed by atoms with Gasteiger partial charge in [-0.25, -0.2) is 0 Å². The number of hydrogen-bond donors (Lipinski definition) is 0. The Bertz CT molecular complexity index is 231. The summed E-state index contributed by atoms with van der Waals surface area (Å²) in [5.74, 6) is 0. The average Bonchev–Trinajstić information content (AvgIpc) is 2.19. The normalized spacial score (nSPS) is 9.54. The highest BCUT2D eigenvalue weighted by molar-refractivity contribution is 5.13. The average molecular weight is 178 g/mol. The molecule has 0 amide bonds. The standard InChI is InChI=1S/C11H14O2/c1-2-12-8-9-13-10-11-6-4-3-5-7-11/h2-7H,1,8-10H2. The molecule has 0 saturated carbocycles. The minimum absolute atomic E-state index is 0.566. The van der Waals surface area contributed by atoms with Crippen molar-refractivity contribution in [2.45, 2.75) is 6.61 Å². The fraction of sp³-hybridized carbons (Fsp3) is 0.273. The van der Waals surface area contributed by atoms with Gasteiger partial charge in [0, 0.05) is 0 Å². The Hall–Kier alpha value is -1.28. The van der Waals surface area contributed by atoms with E-state index in [0.717, 1.165) is 0 Å². The van der Waals surface area contributed by atoms with Crippen LogP contribution in [0.2, 0.25) is 0 Å². The fourth-order valence-electron chi connectivity index (χ4n) is 0.955. The van der Waals surface area contributed by atoms with Gasteiger partial charge < -0.3 is 9.47 Å². The molecule has 13 heavy (non-hydrogen) atoms. The molecule has 0 radical (unpaired) electrons. The second-order valence-electron chi connectivity index (χ2n) is 2.58. The second-order valence-corrected chi connectivity index (χ2v) is 2.58. The van der Waals surface area contributed by atoms with E-state index in [4.69, 9.17) is 9.47 Å². The highest BCUT2D eigenvalue weighted by Gasteiger charge is 1.90. The van der Waals surface area contributed by atoms with Gasteiger partial charge in [-0.1, -0.05) is 36.9 Å². The Balaban J connectivity index is 2.10. The van der Waals surface area contributed by atoms with Crippen molar-refractivity contribution in [3.05, 3.63) is 48.7 Å². The first kappa shape index (κ1) is 9.81. The van der Waals surface area contributed by atoms with Gasteiger partial charge in [-0.15, -0.1) is 0 Å². The van der Waals surface area contributed by atoms with Crippen LogP contribution in [0.1, 0.15) is 5.56 Å². The Labute approximate surface area is 78.8 Å². The molecule has 1 aromatic carbocycles. The second kappa shape index (κ2) is 6.26. The number of ether oxygens (including phenoxy) is 2. The van der Waals surface area contributed by atoms with Crippen molar-refractivity contribution in [3.63, 3.8) is 0 Å². The molecule has 0 aliphatic heterocycles. The van der Waals surface area contributed by atoms with E-state index in [2.05, 4.69) is 6.58 Å². The summed E-state index contributed by atoms with van der Waals surface area (Å²) in [4.78, 5) is 0. The highest BCUT2D eigenvalue weighted by Crippen LogP contribution is 1.99. The zero-order valence-electron chi connectivity index (χ0n) is 7.61. The molecular formula is C11H14O2. The maximum absolute atomic E-state index is 5.35. The first-order chi connectivity index (χ1) is 6.43. The Morgan fingerprint density at radius 3 is 2.62 bits per heavy atom. The topological polar surface area (TPSA) is 18.5 Å². The van der Waals surface area contributed by atoms with Crippen LogP contribution in [0, 0.1) is 0 Å². The van der Waals surface area contributed by atoms with Gasteiger partial charge in [-0.05, 0) is 5.56 Å². The summed E-state index contributed by atoms with van der Waals surface area (Å²) in [7, 11) is 0. The van der Waals surface area contributed by atoms with E-state index in [1.165, 1.54) is 11.8 Å². The van der Waals surface area contributed by atoms with E-state index in [-0.39, 0.29) is 0 Å². The molecule has 0 unspecified atom stereocenters. The lowest BCUT2D eigenvalue weighted by Crippen LogP contribution is -2.00. The molecule has 1 aromatic rings. The predicted octanol–water partition coefficient (Wildman–Crippen LogP) is 2.36. The predicted molar refractivity (Wildman–Crippen MR) is 52.2 cm³/mol. The summed E-state index contributed by atoms with van der Waals surface area (Å²) in [6, 6.07) is 10.1. The lowest BCUT2D eigenvalue weighted by molar-refractivity contribution is 0.0750. The van der Waals surface area contributed by atoms with Crippen LogP contribution < -0.4 is 0 Å². The van der Waals surface area contributed by atoms with E-state index in [0.29, 0.717) is 19.8 Å². The van der Waals surface area contributed by atoms with Gasteiger partial charge in [-0.3, -0.25) is 0 Å². The van der Waals surface area contributed by atoms with Crippen LogP contribution in [0.5, 0.6) is 0 Å². The molecule has 2 nitrogen and oxygen atoms in total. The molecule has 0 aromatic heterocycles. The molecular weight excluding hydrogens is 164 g/mol. The third-order valence-electron chi connectivity index (χ3n) is 1.57. The van der Waals surface area contributed by atoms with Crippen LogP contribution >= 0.6 is 0 Å². The van der Waals surface area contributed by atoms with Crippen LogP contribution in [0.25, 0.3) is 0 Å². The molecule has 0 N–H and O–H groups in total. The SMILES string of the molecule is C=COCCOCc1ccccc1. The molecule has 0 atom stereocenters. The number of benzene rings is 1. The van der Waals surface area contributed by atoms with Crippen molar-refractivity contribution in [1.29, 1.82) is 0 Å². The lowest BCUT2D eigenvalue weighted by atomic mass is 10.2. The smallest absolute Gasteiger partial charge is 0.111 e. The van der Waals surface area contributed by atoms with Gasteiger partial charge in [0.05, 0.1) is 19.5 Å².